The van der Waals surface area contributed by atoms with Crippen molar-refractivity contribution in [3.63, 3.8) is 0 Å². The van der Waals surface area contributed by atoms with Gasteiger partial charge in [-0.05, 0) is 12.1 Å². The lowest BCUT2D eigenvalue weighted by molar-refractivity contribution is -0.123. The molecule has 0 atom stereocenters. The molecule has 0 unspecified atom stereocenters. The molecule has 0 radical (unpaired) electrons. The standard InChI is InChI=1S/C12H14BrNO4/c1-12(2,3)11(18)14-9-7(10(16)17)4-6(13)5-8(9)15/h4-5,15H,1-3H3,(H,14,18)(H,16,17). The van der Waals surface area contributed by atoms with Crippen molar-refractivity contribution in [2.45, 2.75) is 20.8 Å². The van der Waals surface area contributed by atoms with Gasteiger partial charge in [-0.3, -0.25) is 4.79 Å². The molecule has 0 aromatic heterocycles. The summed E-state index contributed by atoms with van der Waals surface area (Å²) in [5.41, 5.74) is -0.944. The van der Waals surface area contributed by atoms with Crippen LogP contribution >= 0.6 is 15.9 Å². The third kappa shape index (κ3) is 3.22. The Bertz CT molecular complexity index is 506. The summed E-state index contributed by atoms with van der Waals surface area (Å²) in [6.07, 6.45) is 0. The number of carbonyl (C=O) groups is 2. The molecule has 0 heterocycles. The van der Waals surface area contributed by atoms with Crippen molar-refractivity contribution < 1.29 is 19.8 Å². The molecule has 3 N–H and O–H groups in total. The summed E-state index contributed by atoms with van der Waals surface area (Å²) >= 11 is 3.09. The van der Waals surface area contributed by atoms with Gasteiger partial charge >= 0.3 is 5.97 Å². The Labute approximate surface area is 113 Å². The van der Waals surface area contributed by atoms with E-state index >= 15 is 0 Å². The van der Waals surface area contributed by atoms with Crippen molar-refractivity contribution in [3.8, 4) is 5.75 Å². The van der Waals surface area contributed by atoms with Crippen LogP contribution in [0.4, 0.5) is 5.69 Å². The highest BCUT2D eigenvalue weighted by molar-refractivity contribution is 9.10. The Kier molecular flexibility index (Phi) is 4.01. The Balaban J connectivity index is 3.24. The van der Waals surface area contributed by atoms with Gasteiger partial charge in [0.25, 0.3) is 0 Å². The second-order valence-electron chi connectivity index (χ2n) is 4.86. The SMILES string of the molecule is CC(C)(C)C(=O)Nc1c(O)cc(Br)cc1C(=O)O. The first-order valence-electron chi connectivity index (χ1n) is 5.20. The van der Waals surface area contributed by atoms with E-state index in [4.69, 9.17) is 5.11 Å². The van der Waals surface area contributed by atoms with Crippen LogP contribution in [0.5, 0.6) is 5.75 Å². The number of nitrogens with one attached hydrogen (secondary N) is 1. The van der Waals surface area contributed by atoms with Crippen LogP contribution in [-0.2, 0) is 4.79 Å². The summed E-state index contributed by atoms with van der Waals surface area (Å²) in [6, 6.07) is 2.64. The average molecular weight is 316 g/mol. The van der Waals surface area contributed by atoms with Crippen molar-refractivity contribution in [3.05, 3.63) is 22.2 Å². The third-order valence-electron chi connectivity index (χ3n) is 2.23. The molecule has 0 aliphatic rings. The van der Waals surface area contributed by atoms with Crippen LogP contribution in [0.3, 0.4) is 0 Å². The maximum Gasteiger partial charge on any atom is 0.337 e. The molecule has 1 aromatic carbocycles. The molecular formula is C12H14BrNO4. The van der Waals surface area contributed by atoms with E-state index in [1.54, 1.807) is 20.8 Å². The normalized spacial score (nSPS) is 11.1. The van der Waals surface area contributed by atoms with Crippen molar-refractivity contribution in [1.82, 2.24) is 0 Å². The highest BCUT2D eigenvalue weighted by Crippen LogP contribution is 2.33. The highest BCUT2D eigenvalue weighted by atomic mass is 79.9. The zero-order valence-electron chi connectivity index (χ0n) is 10.2. The lowest BCUT2D eigenvalue weighted by Crippen LogP contribution is -2.28. The fourth-order valence-corrected chi connectivity index (χ4v) is 1.64. The van der Waals surface area contributed by atoms with Gasteiger partial charge in [0.1, 0.15) is 5.75 Å². The van der Waals surface area contributed by atoms with E-state index in [0.29, 0.717) is 4.47 Å². The molecule has 0 aliphatic heterocycles. The van der Waals surface area contributed by atoms with Crippen LogP contribution in [0.15, 0.2) is 16.6 Å². The average Bonchev–Trinajstić information content (AvgIpc) is 2.19. The monoisotopic (exact) mass is 315 g/mol. The lowest BCUT2D eigenvalue weighted by Gasteiger charge is -2.19. The summed E-state index contributed by atoms with van der Waals surface area (Å²) in [6.45, 7) is 5.08. The van der Waals surface area contributed by atoms with Crippen LogP contribution in [0.1, 0.15) is 31.1 Å². The van der Waals surface area contributed by atoms with Gasteiger partial charge in [-0.2, -0.15) is 0 Å². The molecule has 0 fully saturated rings. The highest BCUT2D eigenvalue weighted by Gasteiger charge is 2.25. The van der Waals surface area contributed by atoms with Crippen molar-refractivity contribution in [1.29, 1.82) is 0 Å². The number of carbonyl (C=O) groups excluding carboxylic acids is 1. The van der Waals surface area contributed by atoms with Gasteiger partial charge in [-0.15, -0.1) is 0 Å². The Morgan fingerprint density at radius 3 is 2.28 bits per heavy atom. The largest absolute Gasteiger partial charge is 0.506 e. The predicted molar refractivity (Wildman–Crippen MR) is 70.9 cm³/mol. The van der Waals surface area contributed by atoms with Gasteiger partial charge in [0, 0.05) is 9.89 Å². The van der Waals surface area contributed by atoms with Crippen LogP contribution in [0.25, 0.3) is 0 Å². The molecule has 1 aromatic rings. The maximum absolute atomic E-state index is 11.8. The molecule has 0 saturated heterocycles. The van der Waals surface area contributed by atoms with E-state index < -0.39 is 11.4 Å². The molecular weight excluding hydrogens is 302 g/mol. The molecule has 98 valence electrons. The molecule has 6 heteroatoms. The number of halogens is 1. The van der Waals surface area contributed by atoms with Crippen molar-refractivity contribution in [2.24, 2.45) is 5.41 Å². The Morgan fingerprint density at radius 1 is 1.28 bits per heavy atom. The third-order valence-corrected chi connectivity index (χ3v) is 2.69. The molecule has 1 rings (SSSR count). The van der Waals surface area contributed by atoms with E-state index in [1.165, 1.54) is 12.1 Å². The molecule has 1 amide bonds. The number of hydrogen-bond donors (Lipinski definition) is 3. The summed E-state index contributed by atoms with van der Waals surface area (Å²) in [4.78, 5) is 22.9. The molecule has 18 heavy (non-hydrogen) atoms. The van der Waals surface area contributed by atoms with E-state index in [9.17, 15) is 14.7 Å². The molecule has 0 aliphatic carbocycles. The maximum atomic E-state index is 11.8. The molecule has 0 spiro atoms. The van der Waals surface area contributed by atoms with Gasteiger partial charge < -0.3 is 15.5 Å². The first-order valence-corrected chi connectivity index (χ1v) is 5.99. The van der Waals surface area contributed by atoms with Gasteiger partial charge in [-0.25, -0.2) is 4.79 Å². The lowest BCUT2D eigenvalue weighted by atomic mass is 9.95. The summed E-state index contributed by atoms with van der Waals surface area (Å²) < 4.78 is 0.422. The number of phenolic OH excluding ortho intramolecular Hbond substituents is 1. The number of carboxylic acid groups (broad SMARTS) is 1. The molecule has 5 nitrogen and oxygen atoms in total. The van der Waals surface area contributed by atoms with Crippen LogP contribution in [0, 0.1) is 5.41 Å². The van der Waals surface area contributed by atoms with Gasteiger partial charge in [0.05, 0.1) is 11.3 Å². The number of aromatic hydroxyl groups is 1. The first-order chi connectivity index (χ1) is 8.12. The second-order valence-corrected chi connectivity index (χ2v) is 5.77. The number of carboxylic acids is 1. The van der Waals surface area contributed by atoms with Crippen LogP contribution < -0.4 is 5.32 Å². The fraction of sp³-hybridized carbons (Fsp3) is 0.333. The molecule has 0 bridgehead atoms. The second kappa shape index (κ2) is 4.97. The zero-order chi connectivity index (χ0) is 14.1. The quantitative estimate of drug-likeness (QED) is 0.732. The van der Waals surface area contributed by atoms with Crippen molar-refractivity contribution in [2.75, 3.05) is 5.32 Å². The number of aromatic carboxylic acids is 1. The number of phenols is 1. The minimum Gasteiger partial charge on any atom is -0.506 e. The van der Waals surface area contributed by atoms with Gasteiger partial charge in [-0.1, -0.05) is 36.7 Å². The van der Waals surface area contributed by atoms with E-state index in [-0.39, 0.29) is 22.9 Å². The number of rotatable bonds is 2. The summed E-state index contributed by atoms with van der Waals surface area (Å²) in [5.74, 6) is -1.89. The van der Waals surface area contributed by atoms with Crippen LogP contribution in [0.2, 0.25) is 0 Å². The van der Waals surface area contributed by atoms with E-state index in [0.717, 1.165) is 0 Å². The number of anilines is 1. The minimum absolute atomic E-state index is 0.0920. The van der Waals surface area contributed by atoms with Crippen molar-refractivity contribution >= 4 is 33.5 Å². The predicted octanol–water partition coefficient (Wildman–Crippen LogP) is 2.84. The smallest absolute Gasteiger partial charge is 0.337 e. The number of amides is 1. The van der Waals surface area contributed by atoms with Gasteiger partial charge in [0.2, 0.25) is 5.91 Å². The van der Waals surface area contributed by atoms with E-state index in [1.807, 2.05) is 0 Å². The zero-order valence-corrected chi connectivity index (χ0v) is 11.8. The number of benzene rings is 1. The molecule has 0 saturated carbocycles. The van der Waals surface area contributed by atoms with Crippen LogP contribution in [-0.4, -0.2) is 22.1 Å². The summed E-state index contributed by atoms with van der Waals surface area (Å²) in [5, 5.41) is 21.2. The minimum atomic E-state index is -1.23. The summed E-state index contributed by atoms with van der Waals surface area (Å²) in [7, 11) is 0. The Hall–Kier alpha value is -1.56. The topological polar surface area (TPSA) is 86.6 Å². The first kappa shape index (κ1) is 14.5. The Morgan fingerprint density at radius 2 is 1.83 bits per heavy atom. The number of hydrogen-bond acceptors (Lipinski definition) is 3. The van der Waals surface area contributed by atoms with Gasteiger partial charge in [0.15, 0.2) is 0 Å². The van der Waals surface area contributed by atoms with E-state index in [2.05, 4.69) is 21.2 Å². The fourth-order valence-electron chi connectivity index (χ4n) is 1.19.